The summed E-state index contributed by atoms with van der Waals surface area (Å²) >= 11 is 0. The molecular weight excluding hydrogens is 333 g/mol. The molecule has 1 aliphatic rings. The van der Waals surface area contributed by atoms with E-state index in [1.54, 1.807) is 0 Å². The van der Waals surface area contributed by atoms with Gasteiger partial charge in [-0.15, -0.1) is 0 Å². The van der Waals surface area contributed by atoms with Crippen molar-refractivity contribution in [1.29, 1.82) is 0 Å². The second-order valence-electron chi connectivity index (χ2n) is 1.67. The van der Waals surface area contributed by atoms with Crippen LogP contribution in [0.2, 0.25) is 0 Å². The molecule has 0 aliphatic heterocycles. The summed E-state index contributed by atoms with van der Waals surface area (Å²) in [4.78, 5) is 0. The Morgan fingerprint density at radius 2 is 1.80 bits per heavy atom. The zero-order chi connectivity index (χ0) is 6.91. The molecule has 0 saturated carbocycles. The molecule has 0 unspecified atom stereocenters. The standard InChI is InChI=1S/C6H4F3.Tl/c7-6(8,9)5-3-1-2-4-5;/h1-4H;. The van der Waals surface area contributed by atoms with Gasteiger partial charge in [0, 0.05) is 33.7 Å². The van der Waals surface area contributed by atoms with E-state index in [1.165, 1.54) is 12.5 Å². The van der Waals surface area contributed by atoms with Crippen molar-refractivity contribution in [3.05, 3.63) is 30.2 Å². The molecule has 0 amide bonds. The molecule has 4 heteroatoms. The summed E-state index contributed by atoms with van der Waals surface area (Å²) in [6, 6.07) is 0. The van der Waals surface area contributed by atoms with Gasteiger partial charge in [-0.25, -0.2) is 0 Å². The van der Waals surface area contributed by atoms with Crippen LogP contribution in [0.4, 0.5) is 13.2 Å². The number of hydrogen-bond donors (Lipinski definition) is 0. The first-order valence-corrected chi connectivity index (χ1v) is 2.39. The Balaban J connectivity index is 0.000000810. The van der Waals surface area contributed by atoms with Gasteiger partial charge >= 0.3 is 6.18 Å². The van der Waals surface area contributed by atoms with E-state index < -0.39 is 11.7 Å². The fourth-order valence-electron chi connectivity index (χ4n) is 0.563. The van der Waals surface area contributed by atoms with Gasteiger partial charge in [0.15, 0.2) is 0 Å². The maximum atomic E-state index is 11.6. The van der Waals surface area contributed by atoms with Crippen LogP contribution in [0.15, 0.2) is 23.8 Å². The van der Waals surface area contributed by atoms with Gasteiger partial charge in [-0.05, 0) is 0 Å². The van der Waals surface area contributed by atoms with Crippen LogP contribution in [0.3, 0.4) is 0 Å². The molecule has 0 heterocycles. The van der Waals surface area contributed by atoms with Gasteiger partial charge in [-0.3, -0.25) is 0 Å². The zero-order valence-electron chi connectivity index (χ0n) is 5.02. The molecule has 0 N–H and O–H groups in total. The predicted octanol–water partition coefficient (Wildman–Crippen LogP) is 1.87. The first-order chi connectivity index (χ1) is 4.11. The van der Waals surface area contributed by atoms with Crippen molar-refractivity contribution in [2.24, 2.45) is 0 Å². The Labute approximate surface area is 77.0 Å². The van der Waals surface area contributed by atoms with Gasteiger partial charge < -0.3 is 0 Å². The van der Waals surface area contributed by atoms with Gasteiger partial charge in [0.2, 0.25) is 0 Å². The third-order valence-electron chi connectivity index (χ3n) is 0.990. The average Bonchev–Trinajstić information content (AvgIpc) is 2.08. The third-order valence-corrected chi connectivity index (χ3v) is 0.990. The summed E-state index contributed by atoms with van der Waals surface area (Å²) in [6.07, 6.45) is 0.634. The Bertz CT molecular complexity index is 166. The fraction of sp³-hybridized carbons (Fsp3) is 0.167. The number of hydrogen-bond acceptors (Lipinski definition) is 0. The quantitative estimate of drug-likeness (QED) is 0.592. The van der Waals surface area contributed by atoms with Crippen molar-refractivity contribution in [3.63, 3.8) is 0 Å². The first-order valence-electron chi connectivity index (χ1n) is 2.39. The molecule has 10 heavy (non-hydrogen) atoms. The van der Waals surface area contributed by atoms with Crippen molar-refractivity contribution < 1.29 is 13.2 Å². The van der Waals surface area contributed by atoms with Gasteiger partial charge in [0.1, 0.15) is 0 Å². The van der Waals surface area contributed by atoms with E-state index in [1.807, 2.05) is 0 Å². The van der Waals surface area contributed by atoms with E-state index in [0.29, 0.717) is 0 Å². The van der Waals surface area contributed by atoms with Crippen LogP contribution >= 0.6 is 0 Å². The van der Waals surface area contributed by atoms with Crippen molar-refractivity contribution in [1.82, 2.24) is 0 Å². The summed E-state index contributed by atoms with van der Waals surface area (Å²) < 4.78 is 34.9. The molecular formula is C6H4F3Tl. The third kappa shape index (κ3) is 2.43. The normalized spacial score (nSPS) is 16.5. The van der Waals surface area contributed by atoms with Crippen LogP contribution < -0.4 is 0 Å². The van der Waals surface area contributed by atoms with E-state index in [9.17, 15) is 13.2 Å². The van der Waals surface area contributed by atoms with Crippen molar-refractivity contribution in [2.45, 2.75) is 6.18 Å². The summed E-state index contributed by atoms with van der Waals surface area (Å²) in [5, 5.41) is 0. The van der Waals surface area contributed by atoms with Gasteiger partial charge in [-0.2, -0.15) is 13.2 Å². The summed E-state index contributed by atoms with van der Waals surface area (Å²) in [5.41, 5.74) is -0.581. The molecule has 0 aromatic heterocycles. The monoisotopic (exact) mass is 338 g/mol. The molecule has 0 atom stereocenters. The molecule has 1 rings (SSSR count). The van der Waals surface area contributed by atoms with Gasteiger partial charge in [0.25, 0.3) is 0 Å². The second kappa shape index (κ2) is 3.54. The maximum Gasteiger partial charge on any atom is 0.416 e. The van der Waals surface area contributed by atoms with Gasteiger partial charge in [0.05, 0.1) is 5.57 Å². The van der Waals surface area contributed by atoms with Gasteiger partial charge in [-0.1, -0.05) is 18.2 Å². The Morgan fingerprint density at radius 3 is 2.00 bits per heavy atom. The molecule has 0 bridgehead atoms. The molecule has 0 aromatic rings. The van der Waals surface area contributed by atoms with Crippen molar-refractivity contribution >= 4 is 27.3 Å². The van der Waals surface area contributed by atoms with E-state index in [4.69, 9.17) is 0 Å². The molecule has 0 spiro atoms. The molecule has 0 nitrogen and oxygen atoms in total. The molecule has 0 saturated heterocycles. The Kier molecular flexibility index (Phi) is 3.61. The van der Waals surface area contributed by atoms with Crippen LogP contribution in [0, 0.1) is 6.42 Å². The molecule has 1 aliphatic carbocycles. The van der Waals surface area contributed by atoms with Crippen LogP contribution in [0.25, 0.3) is 0 Å². The van der Waals surface area contributed by atoms with Crippen molar-refractivity contribution in [2.75, 3.05) is 0 Å². The Morgan fingerprint density at radius 1 is 1.20 bits per heavy atom. The van der Waals surface area contributed by atoms with Crippen LogP contribution in [-0.2, 0) is 0 Å². The van der Waals surface area contributed by atoms with E-state index in [-0.39, 0.29) is 27.3 Å². The smallest absolute Gasteiger partial charge is 0.166 e. The number of rotatable bonds is 0. The average molecular weight is 337 g/mol. The summed E-state index contributed by atoms with van der Waals surface area (Å²) in [7, 11) is 0. The van der Waals surface area contributed by atoms with E-state index >= 15 is 0 Å². The van der Waals surface area contributed by atoms with Crippen LogP contribution in [0.1, 0.15) is 0 Å². The zero-order valence-corrected chi connectivity index (χ0v) is 9.51. The second-order valence-corrected chi connectivity index (χ2v) is 1.67. The molecule has 0 aromatic carbocycles. The van der Waals surface area contributed by atoms with E-state index in [2.05, 4.69) is 0 Å². The number of alkyl halides is 3. The molecule has 0 fully saturated rings. The summed E-state index contributed by atoms with van der Waals surface area (Å²) in [6.45, 7) is 0. The maximum absolute atomic E-state index is 11.6. The predicted molar refractivity (Wildman–Crippen MR) is 33.3 cm³/mol. The fourth-order valence-corrected chi connectivity index (χ4v) is 0.563. The Hall–Kier alpha value is 0.192. The van der Waals surface area contributed by atoms with Crippen LogP contribution in [-0.4, -0.2) is 33.5 Å². The molecule has 52 valence electrons. The SMILES string of the molecule is FC(F)(F)C1=C[CH]C=C1.[Tl]. The van der Waals surface area contributed by atoms with Crippen molar-refractivity contribution in [3.8, 4) is 0 Å². The topological polar surface area (TPSA) is 0 Å². The summed E-state index contributed by atoms with van der Waals surface area (Å²) in [5.74, 6) is 0. The minimum Gasteiger partial charge on any atom is -0.166 e. The minimum atomic E-state index is -4.18. The largest absolute Gasteiger partial charge is 0.416 e. The first kappa shape index (κ1) is 10.2. The number of halogens is 3. The number of allylic oxidation sites excluding steroid dienone is 4. The van der Waals surface area contributed by atoms with Crippen LogP contribution in [0.5, 0.6) is 0 Å². The van der Waals surface area contributed by atoms with E-state index in [0.717, 1.165) is 12.2 Å². The molecule has 2 radical (unpaired) electrons. The minimum absolute atomic E-state index is 0.